The summed E-state index contributed by atoms with van der Waals surface area (Å²) >= 11 is 0. The second kappa shape index (κ2) is 4.95. The molecule has 0 N–H and O–H groups in total. The molecule has 0 amide bonds. The first-order valence-electron chi connectivity index (χ1n) is 4.83. The molecule has 0 fully saturated rings. The summed E-state index contributed by atoms with van der Waals surface area (Å²) in [4.78, 5) is 0.187. The minimum absolute atomic E-state index is 0.146. The van der Waals surface area contributed by atoms with Gasteiger partial charge in [-0.3, -0.25) is 0 Å². The average Bonchev–Trinajstić information content (AvgIpc) is 2.26. The van der Waals surface area contributed by atoms with Gasteiger partial charge in [-0.15, -0.1) is 6.58 Å². The van der Waals surface area contributed by atoms with E-state index in [1.54, 1.807) is 18.2 Å². The van der Waals surface area contributed by atoms with Crippen molar-refractivity contribution in [1.29, 1.82) is 5.26 Å². The van der Waals surface area contributed by atoms with Crippen LogP contribution in [0.2, 0.25) is 0 Å². The summed E-state index contributed by atoms with van der Waals surface area (Å²) in [6.07, 6.45) is 1.59. The maximum Gasteiger partial charge on any atom is 0.194 e. The molecule has 0 heterocycles. The molecule has 16 heavy (non-hydrogen) atoms. The fourth-order valence-corrected chi connectivity index (χ4v) is 2.66. The van der Waals surface area contributed by atoms with E-state index in [-0.39, 0.29) is 11.3 Å². The van der Waals surface area contributed by atoms with Crippen molar-refractivity contribution < 1.29 is 8.42 Å². The summed E-state index contributed by atoms with van der Waals surface area (Å²) in [5, 5.41) is 7.78. The SMILES string of the molecule is C=CCC(C#N)S(=O)(=O)c1ccc(C)cc1. The number of hydrogen-bond acceptors (Lipinski definition) is 3. The molecule has 1 rings (SSSR count). The second-order valence-electron chi connectivity index (χ2n) is 3.50. The van der Waals surface area contributed by atoms with Crippen molar-refractivity contribution in [3.8, 4) is 6.07 Å². The van der Waals surface area contributed by atoms with Gasteiger partial charge in [0.2, 0.25) is 0 Å². The number of rotatable bonds is 4. The van der Waals surface area contributed by atoms with Gasteiger partial charge in [-0.1, -0.05) is 23.8 Å². The lowest BCUT2D eigenvalue weighted by Crippen LogP contribution is -2.18. The molecule has 1 aromatic carbocycles. The monoisotopic (exact) mass is 235 g/mol. The van der Waals surface area contributed by atoms with Crippen molar-refractivity contribution in [2.45, 2.75) is 23.5 Å². The lowest BCUT2D eigenvalue weighted by molar-refractivity contribution is 0.589. The molecule has 0 bridgehead atoms. The molecule has 0 spiro atoms. The van der Waals surface area contributed by atoms with Gasteiger partial charge >= 0.3 is 0 Å². The van der Waals surface area contributed by atoms with Crippen LogP contribution in [0.1, 0.15) is 12.0 Å². The molecule has 4 heteroatoms. The van der Waals surface area contributed by atoms with Crippen molar-refractivity contribution >= 4 is 9.84 Å². The van der Waals surface area contributed by atoms with Crippen molar-refractivity contribution in [1.82, 2.24) is 0 Å². The summed E-state index contributed by atoms with van der Waals surface area (Å²) in [6.45, 7) is 5.33. The molecular formula is C12H13NO2S. The summed E-state index contributed by atoms with van der Waals surface area (Å²) in [7, 11) is -3.56. The summed E-state index contributed by atoms with van der Waals surface area (Å²) in [5.41, 5.74) is 0.983. The first kappa shape index (κ1) is 12.5. The van der Waals surface area contributed by atoms with Crippen LogP contribution in [0.3, 0.4) is 0 Å². The fourth-order valence-electron chi connectivity index (χ4n) is 1.29. The van der Waals surface area contributed by atoms with Crippen LogP contribution < -0.4 is 0 Å². The van der Waals surface area contributed by atoms with Crippen molar-refractivity contribution in [3.05, 3.63) is 42.5 Å². The Morgan fingerprint density at radius 1 is 1.44 bits per heavy atom. The molecule has 0 saturated carbocycles. The standard InChI is InChI=1S/C12H13NO2S/c1-3-4-12(9-13)16(14,15)11-7-5-10(2)6-8-11/h3,5-8,12H,1,4H2,2H3. The third kappa shape index (κ3) is 2.50. The minimum Gasteiger partial charge on any atom is -0.222 e. The number of benzene rings is 1. The Kier molecular flexibility index (Phi) is 3.86. The quantitative estimate of drug-likeness (QED) is 0.752. The van der Waals surface area contributed by atoms with Crippen molar-refractivity contribution in [2.75, 3.05) is 0 Å². The van der Waals surface area contributed by atoms with Gasteiger partial charge in [-0.05, 0) is 25.5 Å². The highest BCUT2D eigenvalue weighted by Crippen LogP contribution is 2.18. The second-order valence-corrected chi connectivity index (χ2v) is 5.63. The first-order chi connectivity index (χ1) is 7.52. The largest absolute Gasteiger partial charge is 0.222 e. The number of nitrogens with zero attached hydrogens (tertiary/aromatic N) is 1. The average molecular weight is 235 g/mol. The van der Waals surface area contributed by atoms with Gasteiger partial charge in [0, 0.05) is 0 Å². The maximum atomic E-state index is 12.0. The lowest BCUT2D eigenvalue weighted by atomic mass is 10.2. The zero-order chi connectivity index (χ0) is 12.2. The first-order valence-corrected chi connectivity index (χ1v) is 6.38. The Bertz CT molecular complexity index is 509. The van der Waals surface area contributed by atoms with Crippen LogP contribution in [0.5, 0.6) is 0 Å². The Morgan fingerprint density at radius 2 is 2.00 bits per heavy atom. The van der Waals surface area contributed by atoms with Crippen LogP contribution in [0.15, 0.2) is 41.8 Å². The maximum absolute atomic E-state index is 12.0. The van der Waals surface area contributed by atoms with Crippen LogP contribution in [-0.2, 0) is 9.84 Å². The molecule has 0 aliphatic heterocycles. The molecule has 3 nitrogen and oxygen atoms in total. The van der Waals surface area contributed by atoms with E-state index in [1.807, 2.05) is 6.92 Å². The molecule has 0 aliphatic carbocycles. The van der Waals surface area contributed by atoms with Crippen LogP contribution in [-0.4, -0.2) is 13.7 Å². The van der Waals surface area contributed by atoms with Crippen LogP contribution >= 0.6 is 0 Å². The van der Waals surface area contributed by atoms with E-state index in [2.05, 4.69) is 6.58 Å². The summed E-state index contributed by atoms with van der Waals surface area (Å²) in [5.74, 6) is 0. The van der Waals surface area contributed by atoms with Gasteiger partial charge in [0.15, 0.2) is 15.1 Å². The molecule has 1 atom stereocenters. The zero-order valence-corrected chi connectivity index (χ0v) is 9.87. The minimum atomic E-state index is -3.56. The molecular weight excluding hydrogens is 222 g/mol. The summed E-state index contributed by atoms with van der Waals surface area (Å²) in [6, 6.07) is 8.28. The van der Waals surface area contributed by atoms with Gasteiger partial charge in [-0.2, -0.15) is 5.26 Å². The van der Waals surface area contributed by atoms with Gasteiger partial charge in [0.1, 0.15) is 0 Å². The lowest BCUT2D eigenvalue weighted by Gasteiger charge is -2.08. The normalized spacial score (nSPS) is 12.8. The van der Waals surface area contributed by atoms with Gasteiger partial charge in [0.05, 0.1) is 11.0 Å². The fraction of sp³-hybridized carbons (Fsp3) is 0.250. The Morgan fingerprint density at radius 3 is 2.44 bits per heavy atom. The third-order valence-corrected chi connectivity index (χ3v) is 4.23. The highest BCUT2D eigenvalue weighted by Gasteiger charge is 2.25. The molecule has 0 aromatic heterocycles. The molecule has 0 aliphatic rings. The number of nitriles is 1. The molecule has 0 radical (unpaired) electrons. The van der Waals surface area contributed by atoms with E-state index in [0.29, 0.717) is 0 Å². The van der Waals surface area contributed by atoms with Crippen molar-refractivity contribution in [2.24, 2.45) is 0 Å². The Labute approximate surface area is 95.9 Å². The van der Waals surface area contributed by atoms with E-state index in [9.17, 15) is 8.42 Å². The Hall–Kier alpha value is -1.60. The van der Waals surface area contributed by atoms with E-state index in [0.717, 1.165) is 5.56 Å². The predicted octanol–water partition coefficient (Wildman–Crippen LogP) is 2.24. The molecule has 1 aromatic rings. The predicted molar refractivity (Wildman–Crippen MR) is 62.6 cm³/mol. The van der Waals surface area contributed by atoms with Crippen LogP contribution in [0.25, 0.3) is 0 Å². The van der Waals surface area contributed by atoms with Crippen LogP contribution in [0, 0.1) is 18.3 Å². The van der Waals surface area contributed by atoms with Gasteiger partial charge in [0.25, 0.3) is 0 Å². The molecule has 1 unspecified atom stereocenters. The summed E-state index contributed by atoms with van der Waals surface area (Å²) < 4.78 is 24.0. The topological polar surface area (TPSA) is 57.9 Å². The number of aryl methyl sites for hydroxylation is 1. The third-order valence-electron chi connectivity index (χ3n) is 2.25. The van der Waals surface area contributed by atoms with Crippen molar-refractivity contribution in [3.63, 3.8) is 0 Å². The number of allylic oxidation sites excluding steroid dienone is 1. The van der Waals surface area contributed by atoms with E-state index in [1.165, 1.54) is 18.2 Å². The van der Waals surface area contributed by atoms with E-state index >= 15 is 0 Å². The van der Waals surface area contributed by atoms with E-state index in [4.69, 9.17) is 5.26 Å². The van der Waals surface area contributed by atoms with E-state index < -0.39 is 15.1 Å². The highest BCUT2D eigenvalue weighted by molar-refractivity contribution is 7.92. The smallest absolute Gasteiger partial charge is 0.194 e. The van der Waals surface area contributed by atoms with Crippen LogP contribution in [0.4, 0.5) is 0 Å². The number of hydrogen-bond donors (Lipinski definition) is 0. The molecule has 0 saturated heterocycles. The van der Waals surface area contributed by atoms with Gasteiger partial charge in [-0.25, -0.2) is 8.42 Å². The van der Waals surface area contributed by atoms with Gasteiger partial charge < -0.3 is 0 Å². The number of sulfone groups is 1. The highest BCUT2D eigenvalue weighted by atomic mass is 32.2. The molecule has 84 valence electrons. The zero-order valence-electron chi connectivity index (χ0n) is 9.05. The Balaban J connectivity index is 3.15.